The number of halogens is 1. The van der Waals surface area contributed by atoms with Crippen molar-refractivity contribution in [1.29, 1.82) is 0 Å². The standard InChI is InChI=1S/C18H28N2O2.ClH/c1-19-12-9-15-10-13-20(14-11-15)18(21)8-7-16-5-3-4-6-17(16)22-2;/h3-6,15,19H,7-14H2,1-2H3;1H. The molecule has 1 aliphatic heterocycles. The molecular formula is C18H29ClN2O2. The van der Waals surface area contributed by atoms with Crippen LogP contribution in [-0.4, -0.2) is 44.6 Å². The Balaban J connectivity index is 0.00000264. The molecule has 1 fully saturated rings. The summed E-state index contributed by atoms with van der Waals surface area (Å²) in [5.74, 6) is 1.92. The summed E-state index contributed by atoms with van der Waals surface area (Å²) >= 11 is 0. The lowest BCUT2D eigenvalue weighted by Gasteiger charge is -2.32. The zero-order chi connectivity index (χ0) is 15.8. The summed E-state index contributed by atoms with van der Waals surface area (Å²) in [6, 6.07) is 7.94. The van der Waals surface area contributed by atoms with E-state index in [9.17, 15) is 4.79 Å². The molecular weight excluding hydrogens is 312 g/mol. The average molecular weight is 341 g/mol. The SMILES string of the molecule is CNCCC1CCN(C(=O)CCc2ccccc2OC)CC1.Cl. The summed E-state index contributed by atoms with van der Waals surface area (Å²) in [5.41, 5.74) is 1.11. The third-order valence-corrected chi connectivity index (χ3v) is 4.57. The van der Waals surface area contributed by atoms with Gasteiger partial charge in [-0.15, -0.1) is 12.4 Å². The number of likely N-dealkylation sites (tertiary alicyclic amines) is 1. The van der Waals surface area contributed by atoms with Crippen LogP contribution in [0.3, 0.4) is 0 Å². The van der Waals surface area contributed by atoms with Crippen LogP contribution in [0.4, 0.5) is 0 Å². The van der Waals surface area contributed by atoms with Crippen LogP contribution < -0.4 is 10.1 Å². The molecule has 1 heterocycles. The number of benzene rings is 1. The van der Waals surface area contributed by atoms with E-state index in [4.69, 9.17) is 4.74 Å². The second-order valence-corrected chi connectivity index (χ2v) is 6.03. The van der Waals surface area contributed by atoms with E-state index in [1.54, 1.807) is 7.11 Å². The maximum atomic E-state index is 12.4. The van der Waals surface area contributed by atoms with E-state index >= 15 is 0 Å². The van der Waals surface area contributed by atoms with Crippen molar-refractivity contribution in [3.05, 3.63) is 29.8 Å². The summed E-state index contributed by atoms with van der Waals surface area (Å²) < 4.78 is 5.34. The Hall–Kier alpha value is -1.26. The van der Waals surface area contributed by atoms with Crippen LogP contribution in [0.25, 0.3) is 0 Å². The van der Waals surface area contributed by atoms with E-state index in [-0.39, 0.29) is 18.3 Å². The summed E-state index contributed by atoms with van der Waals surface area (Å²) in [7, 11) is 3.67. The first kappa shape index (κ1) is 19.8. The van der Waals surface area contributed by atoms with E-state index < -0.39 is 0 Å². The number of hydrogen-bond donors (Lipinski definition) is 1. The Morgan fingerprint density at radius 2 is 2.00 bits per heavy atom. The fraction of sp³-hybridized carbons (Fsp3) is 0.611. The number of aryl methyl sites for hydroxylation is 1. The number of nitrogens with zero attached hydrogens (tertiary/aromatic N) is 1. The molecule has 1 aromatic rings. The summed E-state index contributed by atoms with van der Waals surface area (Å²) in [4.78, 5) is 14.4. The Bertz CT molecular complexity index is 474. The monoisotopic (exact) mass is 340 g/mol. The minimum Gasteiger partial charge on any atom is -0.496 e. The molecule has 0 radical (unpaired) electrons. The van der Waals surface area contributed by atoms with Crippen LogP contribution in [0.15, 0.2) is 24.3 Å². The van der Waals surface area contributed by atoms with Gasteiger partial charge in [-0.3, -0.25) is 4.79 Å². The minimum absolute atomic E-state index is 0. The van der Waals surface area contributed by atoms with Crippen molar-refractivity contribution >= 4 is 18.3 Å². The van der Waals surface area contributed by atoms with Crippen molar-refractivity contribution in [2.45, 2.75) is 32.1 Å². The Morgan fingerprint density at radius 1 is 1.30 bits per heavy atom. The molecule has 1 aromatic carbocycles. The molecule has 0 unspecified atom stereocenters. The number of hydrogen-bond acceptors (Lipinski definition) is 3. The van der Waals surface area contributed by atoms with E-state index in [1.807, 2.05) is 36.2 Å². The highest BCUT2D eigenvalue weighted by molar-refractivity contribution is 5.85. The summed E-state index contributed by atoms with van der Waals surface area (Å²) in [6.45, 7) is 2.91. The van der Waals surface area contributed by atoms with Gasteiger partial charge < -0.3 is 15.0 Å². The number of carbonyl (C=O) groups is 1. The number of rotatable bonds is 7. The van der Waals surface area contributed by atoms with E-state index in [0.29, 0.717) is 6.42 Å². The number of para-hydroxylation sites is 1. The van der Waals surface area contributed by atoms with Gasteiger partial charge in [0.1, 0.15) is 5.75 Å². The van der Waals surface area contributed by atoms with Gasteiger partial charge in [-0.05, 0) is 56.8 Å². The molecule has 1 aliphatic rings. The van der Waals surface area contributed by atoms with Gasteiger partial charge in [-0.1, -0.05) is 18.2 Å². The number of ether oxygens (including phenoxy) is 1. The number of amides is 1. The average Bonchev–Trinajstić information content (AvgIpc) is 2.58. The zero-order valence-electron chi connectivity index (χ0n) is 14.2. The number of piperidine rings is 1. The van der Waals surface area contributed by atoms with E-state index in [1.165, 1.54) is 6.42 Å². The van der Waals surface area contributed by atoms with Gasteiger partial charge in [-0.25, -0.2) is 0 Å². The molecule has 1 amide bonds. The summed E-state index contributed by atoms with van der Waals surface area (Å²) in [5, 5.41) is 3.21. The Labute approximate surface area is 146 Å². The van der Waals surface area contributed by atoms with Gasteiger partial charge in [-0.2, -0.15) is 0 Å². The second kappa shape index (κ2) is 10.5. The van der Waals surface area contributed by atoms with Crippen LogP contribution in [0.5, 0.6) is 5.75 Å². The van der Waals surface area contributed by atoms with Gasteiger partial charge in [0.05, 0.1) is 7.11 Å². The smallest absolute Gasteiger partial charge is 0.222 e. The first-order valence-corrected chi connectivity index (χ1v) is 8.29. The number of carbonyl (C=O) groups excluding carboxylic acids is 1. The van der Waals surface area contributed by atoms with Crippen molar-refractivity contribution < 1.29 is 9.53 Å². The fourth-order valence-electron chi connectivity index (χ4n) is 3.13. The lowest BCUT2D eigenvalue weighted by atomic mass is 9.93. The van der Waals surface area contributed by atoms with Crippen LogP contribution >= 0.6 is 12.4 Å². The van der Waals surface area contributed by atoms with Crippen molar-refractivity contribution in [2.24, 2.45) is 5.92 Å². The van der Waals surface area contributed by atoms with Gasteiger partial charge >= 0.3 is 0 Å². The third kappa shape index (κ3) is 6.04. The molecule has 0 spiro atoms. The molecule has 0 aliphatic carbocycles. The number of nitrogens with one attached hydrogen (secondary N) is 1. The maximum Gasteiger partial charge on any atom is 0.222 e. The molecule has 1 saturated heterocycles. The molecule has 0 atom stereocenters. The molecule has 0 saturated carbocycles. The largest absolute Gasteiger partial charge is 0.496 e. The fourth-order valence-corrected chi connectivity index (χ4v) is 3.13. The van der Waals surface area contributed by atoms with Crippen molar-refractivity contribution in [3.8, 4) is 5.75 Å². The summed E-state index contributed by atoms with van der Waals surface area (Å²) in [6.07, 6.45) is 4.83. The van der Waals surface area contributed by atoms with Crippen LogP contribution in [0.2, 0.25) is 0 Å². The van der Waals surface area contributed by atoms with Gasteiger partial charge in [0, 0.05) is 19.5 Å². The molecule has 130 valence electrons. The highest BCUT2D eigenvalue weighted by atomic mass is 35.5. The van der Waals surface area contributed by atoms with Gasteiger partial charge in [0.2, 0.25) is 5.91 Å². The predicted octanol–water partition coefficient (Wildman–Crippen LogP) is 2.90. The normalized spacial score (nSPS) is 15.1. The third-order valence-electron chi connectivity index (χ3n) is 4.57. The van der Waals surface area contributed by atoms with Crippen molar-refractivity contribution in [1.82, 2.24) is 10.2 Å². The lowest BCUT2D eigenvalue weighted by Crippen LogP contribution is -2.39. The second-order valence-electron chi connectivity index (χ2n) is 6.03. The molecule has 23 heavy (non-hydrogen) atoms. The minimum atomic E-state index is 0. The molecule has 0 aromatic heterocycles. The molecule has 0 bridgehead atoms. The topological polar surface area (TPSA) is 41.6 Å². The van der Waals surface area contributed by atoms with Crippen molar-refractivity contribution in [3.63, 3.8) is 0 Å². The number of methoxy groups -OCH3 is 1. The Morgan fingerprint density at radius 3 is 2.65 bits per heavy atom. The maximum absolute atomic E-state index is 12.4. The first-order chi connectivity index (χ1) is 10.7. The molecule has 1 N–H and O–H groups in total. The highest BCUT2D eigenvalue weighted by Gasteiger charge is 2.22. The quantitative estimate of drug-likeness (QED) is 0.829. The van der Waals surface area contributed by atoms with Crippen molar-refractivity contribution in [2.75, 3.05) is 33.8 Å². The van der Waals surface area contributed by atoms with Crippen LogP contribution in [-0.2, 0) is 11.2 Å². The molecule has 4 nitrogen and oxygen atoms in total. The van der Waals surface area contributed by atoms with E-state index in [0.717, 1.165) is 56.1 Å². The van der Waals surface area contributed by atoms with Crippen LogP contribution in [0.1, 0.15) is 31.2 Å². The first-order valence-electron chi connectivity index (χ1n) is 8.29. The Kier molecular flexibility index (Phi) is 9.03. The lowest BCUT2D eigenvalue weighted by molar-refractivity contribution is -0.132. The molecule has 5 heteroatoms. The van der Waals surface area contributed by atoms with Gasteiger partial charge in [0.15, 0.2) is 0 Å². The molecule has 2 rings (SSSR count). The van der Waals surface area contributed by atoms with Crippen LogP contribution in [0, 0.1) is 5.92 Å². The predicted molar refractivity (Wildman–Crippen MR) is 96.4 cm³/mol. The van der Waals surface area contributed by atoms with Gasteiger partial charge in [0.25, 0.3) is 0 Å². The highest BCUT2D eigenvalue weighted by Crippen LogP contribution is 2.22. The van der Waals surface area contributed by atoms with E-state index in [2.05, 4.69) is 5.32 Å². The zero-order valence-corrected chi connectivity index (χ0v) is 15.0.